The third kappa shape index (κ3) is 3.79. The molecule has 0 N–H and O–H groups in total. The Bertz CT molecular complexity index is 655. The zero-order valence-electron chi connectivity index (χ0n) is 13.0. The van der Waals surface area contributed by atoms with Crippen LogP contribution in [0.4, 0.5) is 0 Å². The first-order valence-electron chi connectivity index (χ1n) is 7.60. The fraction of sp³-hybridized carbons (Fsp3) is 0.438. The Balaban J connectivity index is 1.61. The van der Waals surface area contributed by atoms with Crippen LogP contribution < -0.4 is 0 Å². The molecule has 0 aliphatic carbocycles. The number of thiophene rings is 1. The van der Waals surface area contributed by atoms with Gasteiger partial charge in [-0.05, 0) is 41.4 Å². The lowest BCUT2D eigenvalue weighted by Crippen LogP contribution is -2.50. The SMILES string of the molecule is CN(C(=O)c1ccsc1)C1CCCN(C(=O)Cc2cnsc2)C1. The Kier molecular flexibility index (Phi) is 5.07. The third-order valence-electron chi connectivity index (χ3n) is 4.22. The van der Waals surface area contributed by atoms with Crippen molar-refractivity contribution in [1.82, 2.24) is 14.2 Å². The van der Waals surface area contributed by atoms with Gasteiger partial charge in [-0.25, -0.2) is 4.37 Å². The number of aromatic nitrogens is 1. The molecular formula is C16H19N3O2S2. The second-order valence-electron chi connectivity index (χ2n) is 5.77. The van der Waals surface area contributed by atoms with Crippen molar-refractivity contribution in [2.24, 2.45) is 0 Å². The minimum atomic E-state index is 0.0348. The van der Waals surface area contributed by atoms with Crippen molar-refractivity contribution in [2.75, 3.05) is 20.1 Å². The third-order valence-corrected chi connectivity index (χ3v) is 5.54. The highest BCUT2D eigenvalue weighted by molar-refractivity contribution is 7.08. The van der Waals surface area contributed by atoms with Gasteiger partial charge in [-0.2, -0.15) is 11.3 Å². The molecule has 1 unspecified atom stereocenters. The molecule has 3 rings (SSSR count). The molecule has 122 valence electrons. The molecule has 1 atom stereocenters. The second-order valence-corrected chi connectivity index (χ2v) is 7.21. The van der Waals surface area contributed by atoms with Crippen LogP contribution in [0.3, 0.4) is 0 Å². The van der Waals surface area contributed by atoms with Crippen LogP contribution in [0.2, 0.25) is 0 Å². The van der Waals surface area contributed by atoms with Gasteiger partial charge < -0.3 is 9.80 Å². The topological polar surface area (TPSA) is 53.5 Å². The number of piperidine rings is 1. The number of likely N-dealkylation sites (N-methyl/N-ethyl adjacent to an activating group) is 1. The van der Waals surface area contributed by atoms with Crippen molar-refractivity contribution < 1.29 is 9.59 Å². The summed E-state index contributed by atoms with van der Waals surface area (Å²) >= 11 is 2.89. The van der Waals surface area contributed by atoms with Crippen LogP contribution >= 0.6 is 22.9 Å². The van der Waals surface area contributed by atoms with E-state index in [9.17, 15) is 9.59 Å². The van der Waals surface area contributed by atoms with Crippen molar-refractivity contribution in [2.45, 2.75) is 25.3 Å². The van der Waals surface area contributed by atoms with Crippen molar-refractivity contribution in [1.29, 1.82) is 0 Å². The van der Waals surface area contributed by atoms with E-state index in [-0.39, 0.29) is 17.9 Å². The van der Waals surface area contributed by atoms with Crippen LogP contribution in [0.5, 0.6) is 0 Å². The quantitative estimate of drug-likeness (QED) is 0.852. The molecule has 1 aliphatic rings. The Morgan fingerprint density at radius 3 is 3.00 bits per heavy atom. The number of carbonyl (C=O) groups is 2. The van der Waals surface area contributed by atoms with Crippen molar-refractivity contribution in [3.63, 3.8) is 0 Å². The van der Waals surface area contributed by atoms with Crippen LogP contribution in [0, 0.1) is 0 Å². The Morgan fingerprint density at radius 1 is 1.43 bits per heavy atom. The van der Waals surface area contributed by atoms with E-state index in [1.165, 1.54) is 22.9 Å². The first-order chi connectivity index (χ1) is 11.1. The van der Waals surface area contributed by atoms with Crippen molar-refractivity contribution in [3.05, 3.63) is 39.5 Å². The van der Waals surface area contributed by atoms with E-state index in [4.69, 9.17) is 0 Å². The fourth-order valence-corrected chi connectivity index (χ4v) is 4.02. The number of nitrogens with zero attached hydrogens (tertiary/aromatic N) is 3. The van der Waals surface area contributed by atoms with E-state index in [1.54, 1.807) is 11.1 Å². The van der Waals surface area contributed by atoms with E-state index < -0.39 is 0 Å². The van der Waals surface area contributed by atoms with Gasteiger partial charge in [0.2, 0.25) is 5.91 Å². The first-order valence-corrected chi connectivity index (χ1v) is 9.38. The maximum atomic E-state index is 12.5. The Morgan fingerprint density at radius 2 is 2.30 bits per heavy atom. The monoisotopic (exact) mass is 349 g/mol. The molecule has 2 aromatic rings. The molecule has 1 aliphatic heterocycles. The molecule has 0 aromatic carbocycles. The summed E-state index contributed by atoms with van der Waals surface area (Å²) in [5, 5.41) is 5.69. The highest BCUT2D eigenvalue weighted by atomic mass is 32.1. The molecule has 0 bridgehead atoms. The molecule has 2 aromatic heterocycles. The summed E-state index contributed by atoms with van der Waals surface area (Å²) in [5.74, 6) is 0.152. The maximum Gasteiger partial charge on any atom is 0.254 e. The molecule has 7 heteroatoms. The highest BCUT2D eigenvalue weighted by Crippen LogP contribution is 2.19. The average molecular weight is 349 g/mol. The number of amides is 2. The summed E-state index contributed by atoms with van der Waals surface area (Å²) in [6.07, 6.45) is 4.01. The first kappa shape index (κ1) is 16.1. The number of rotatable bonds is 4. The normalized spacial score (nSPS) is 18.0. The number of hydrogen-bond acceptors (Lipinski definition) is 5. The van der Waals surface area contributed by atoms with E-state index in [2.05, 4.69) is 4.37 Å². The van der Waals surface area contributed by atoms with Crippen LogP contribution in [0.25, 0.3) is 0 Å². The predicted octanol–water partition coefficient (Wildman–Crippen LogP) is 2.51. The van der Waals surface area contributed by atoms with Gasteiger partial charge in [-0.3, -0.25) is 9.59 Å². The summed E-state index contributed by atoms with van der Waals surface area (Å²) < 4.78 is 4.03. The van der Waals surface area contributed by atoms with E-state index in [0.717, 1.165) is 30.5 Å². The van der Waals surface area contributed by atoms with Crippen molar-refractivity contribution in [3.8, 4) is 0 Å². The van der Waals surface area contributed by atoms with Gasteiger partial charge in [0.1, 0.15) is 0 Å². The van der Waals surface area contributed by atoms with E-state index in [0.29, 0.717) is 13.0 Å². The zero-order chi connectivity index (χ0) is 16.2. The molecule has 5 nitrogen and oxygen atoms in total. The van der Waals surface area contributed by atoms with Crippen LogP contribution in [0.1, 0.15) is 28.8 Å². The molecule has 23 heavy (non-hydrogen) atoms. The van der Waals surface area contributed by atoms with Gasteiger partial charge in [0.25, 0.3) is 5.91 Å². The number of hydrogen-bond donors (Lipinski definition) is 0. The molecular weight excluding hydrogens is 330 g/mol. The number of likely N-dealkylation sites (tertiary alicyclic amines) is 1. The number of carbonyl (C=O) groups excluding carboxylic acids is 2. The van der Waals surface area contributed by atoms with Gasteiger partial charge in [0.05, 0.1) is 12.0 Å². The van der Waals surface area contributed by atoms with Gasteiger partial charge in [0, 0.05) is 43.1 Å². The molecule has 0 saturated carbocycles. The Hall–Kier alpha value is -1.73. The maximum absolute atomic E-state index is 12.5. The van der Waals surface area contributed by atoms with Crippen LogP contribution in [-0.2, 0) is 11.2 Å². The Labute approximate surface area is 143 Å². The minimum Gasteiger partial charge on any atom is -0.340 e. The van der Waals surface area contributed by atoms with Gasteiger partial charge in [0.15, 0.2) is 0 Å². The van der Waals surface area contributed by atoms with E-state index in [1.807, 2.05) is 34.2 Å². The molecule has 3 heterocycles. The smallest absolute Gasteiger partial charge is 0.254 e. The highest BCUT2D eigenvalue weighted by Gasteiger charge is 2.29. The standard InChI is InChI=1S/C16H19N3O2S2/c1-18(16(21)13-4-6-22-11-13)14-3-2-5-19(9-14)15(20)7-12-8-17-23-10-12/h4,6,8,10-11,14H,2-3,5,7,9H2,1H3. The van der Waals surface area contributed by atoms with E-state index >= 15 is 0 Å². The zero-order valence-corrected chi connectivity index (χ0v) is 14.6. The average Bonchev–Trinajstić information content (AvgIpc) is 3.27. The molecule has 0 spiro atoms. The van der Waals surface area contributed by atoms with Gasteiger partial charge in [-0.15, -0.1) is 0 Å². The molecule has 2 amide bonds. The molecule has 1 saturated heterocycles. The lowest BCUT2D eigenvalue weighted by atomic mass is 10.0. The summed E-state index contributed by atoms with van der Waals surface area (Å²) in [6.45, 7) is 1.39. The lowest BCUT2D eigenvalue weighted by Gasteiger charge is -2.37. The van der Waals surface area contributed by atoms with Gasteiger partial charge in [-0.1, -0.05) is 0 Å². The fourth-order valence-electron chi connectivity index (χ4n) is 2.85. The summed E-state index contributed by atoms with van der Waals surface area (Å²) in [5.41, 5.74) is 1.69. The summed E-state index contributed by atoms with van der Waals surface area (Å²) in [4.78, 5) is 28.6. The molecule has 1 fully saturated rings. The van der Waals surface area contributed by atoms with Crippen LogP contribution in [0.15, 0.2) is 28.4 Å². The summed E-state index contributed by atoms with van der Waals surface area (Å²) in [7, 11) is 1.83. The lowest BCUT2D eigenvalue weighted by molar-refractivity contribution is -0.132. The molecule has 0 radical (unpaired) electrons. The minimum absolute atomic E-state index is 0.0348. The van der Waals surface area contributed by atoms with Crippen LogP contribution in [-0.4, -0.2) is 52.2 Å². The predicted molar refractivity (Wildman–Crippen MR) is 91.8 cm³/mol. The van der Waals surface area contributed by atoms with Gasteiger partial charge >= 0.3 is 0 Å². The second kappa shape index (κ2) is 7.23. The summed E-state index contributed by atoms with van der Waals surface area (Å²) in [6, 6.07) is 1.93. The largest absolute Gasteiger partial charge is 0.340 e. The van der Waals surface area contributed by atoms with Crippen molar-refractivity contribution >= 4 is 34.7 Å².